The first kappa shape index (κ1) is 22.6. The molecule has 2 aliphatic rings. The SMILES string of the molecule is CC(C)(C)OC(=O)NC1(C(=O)ON2C(=O)c3ccccc3C2=O)CCC(C(F)F)CC1. The number of amides is 3. The molecule has 3 rings (SSSR count). The molecule has 0 aromatic heterocycles. The molecule has 1 fully saturated rings. The number of ether oxygens (including phenoxy) is 1. The van der Waals surface area contributed by atoms with Crippen molar-refractivity contribution < 1.29 is 37.5 Å². The summed E-state index contributed by atoms with van der Waals surface area (Å²) in [6, 6.07) is 5.97. The van der Waals surface area contributed by atoms with Gasteiger partial charge in [0.05, 0.1) is 11.1 Å². The van der Waals surface area contributed by atoms with Gasteiger partial charge in [0.25, 0.3) is 11.8 Å². The van der Waals surface area contributed by atoms with Gasteiger partial charge in [-0.3, -0.25) is 9.59 Å². The lowest BCUT2D eigenvalue weighted by molar-refractivity contribution is -0.179. The van der Waals surface area contributed by atoms with Gasteiger partial charge in [-0.05, 0) is 58.6 Å². The Bertz CT molecular complexity index is 868. The highest BCUT2D eigenvalue weighted by atomic mass is 19.3. The van der Waals surface area contributed by atoms with E-state index in [9.17, 15) is 28.0 Å². The van der Waals surface area contributed by atoms with E-state index in [4.69, 9.17) is 9.57 Å². The number of alkyl halides is 2. The lowest BCUT2D eigenvalue weighted by Gasteiger charge is -2.38. The van der Waals surface area contributed by atoms with E-state index in [-0.39, 0.29) is 36.8 Å². The van der Waals surface area contributed by atoms with Crippen molar-refractivity contribution >= 4 is 23.9 Å². The quantitative estimate of drug-likeness (QED) is 0.723. The number of benzene rings is 1. The Morgan fingerprint density at radius 1 is 1.10 bits per heavy atom. The normalized spacial score (nSPS) is 23.5. The average Bonchev–Trinajstić information content (AvgIpc) is 2.92. The zero-order chi connectivity index (χ0) is 23.0. The van der Waals surface area contributed by atoms with Crippen LogP contribution in [0.25, 0.3) is 0 Å². The van der Waals surface area contributed by atoms with Crippen LogP contribution in [0.2, 0.25) is 0 Å². The summed E-state index contributed by atoms with van der Waals surface area (Å²) >= 11 is 0. The number of hydrogen-bond donors (Lipinski definition) is 1. The fourth-order valence-electron chi connectivity index (χ4n) is 3.68. The number of fused-ring (bicyclic) bond motifs is 1. The molecule has 1 saturated carbocycles. The minimum Gasteiger partial charge on any atom is -0.444 e. The Morgan fingerprint density at radius 2 is 1.61 bits per heavy atom. The number of carbonyl (C=O) groups is 4. The van der Waals surface area contributed by atoms with Crippen LogP contribution in [0.4, 0.5) is 13.6 Å². The largest absolute Gasteiger partial charge is 0.444 e. The van der Waals surface area contributed by atoms with Crippen molar-refractivity contribution in [2.75, 3.05) is 0 Å². The maximum Gasteiger partial charge on any atom is 0.408 e. The molecule has 8 nitrogen and oxygen atoms in total. The van der Waals surface area contributed by atoms with Gasteiger partial charge in [0.2, 0.25) is 6.43 Å². The van der Waals surface area contributed by atoms with E-state index in [2.05, 4.69) is 5.32 Å². The number of alkyl carbamates (subject to hydrolysis) is 1. The van der Waals surface area contributed by atoms with Gasteiger partial charge < -0.3 is 14.9 Å². The van der Waals surface area contributed by atoms with E-state index in [1.807, 2.05) is 0 Å². The smallest absolute Gasteiger partial charge is 0.408 e. The second kappa shape index (κ2) is 8.24. The molecule has 10 heteroatoms. The zero-order valence-corrected chi connectivity index (χ0v) is 17.4. The Labute approximate surface area is 177 Å². The highest BCUT2D eigenvalue weighted by Crippen LogP contribution is 2.37. The minimum absolute atomic E-state index is 0.0509. The van der Waals surface area contributed by atoms with Crippen LogP contribution in [-0.2, 0) is 14.4 Å². The Kier molecular flexibility index (Phi) is 6.02. The van der Waals surface area contributed by atoms with Crippen LogP contribution in [0.1, 0.15) is 67.2 Å². The number of halogens is 2. The van der Waals surface area contributed by atoms with Gasteiger partial charge in [0, 0.05) is 5.92 Å². The van der Waals surface area contributed by atoms with E-state index in [1.165, 1.54) is 12.1 Å². The molecule has 1 aromatic carbocycles. The fraction of sp³-hybridized carbons (Fsp3) is 0.524. The van der Waals surface area contributed by atoms with Crippen molar-refractivity contribution in [2.45, 2.75) is 64.0 Å². The molecule has 1 heterocycles. The van der Waals surface area contributed by atoms with E-state index < -0.39 is 47.4 Å². The number of hydroxylamine groups is 2. The van der Waals surface area contributed by atoms with Crippen LogP contribution in [0.3, 0.4) is 0 Å². The topological polar surface area (TPSA) is 102 Å². The Hall–Kier alpha value is -3.04. The van der Waals surface area contributed by atoms with Crippen molar-refractivity contribution in [3.63, 3.8) is 0 Å². The molecular weight excluding hydrogens is 414 g/mol. The van der Waals surface area contributed by atoms with Gasteiger partial charge in [-0.25, -0.2) is 18.4 Å². The molecule has 0 atom stereocenters. The summed E-state index contributed by atoms with van der Waals surface area (Å²) in [5.74, 6) is -3.65. The highest BCUT2D eigenvalue weighted by Gasteiger charge is 2.49. The highest BCUT2D eigenvalue weighted by molar-refractivity contribution is 6.21. The number of nitrogens with zero attached hydrogens (tertiary/aromatic N) is 1. The van der Waals surface area contributed by atoms with Gasteiger partial charge >= 0.3 is 12.1 Å². The van der Waals surface area contributed by atoms with Gasteiger partial charge in [-0.1, -0.05) is 17.2 Å². The second-order valence-corrected chi connectivity index (χ2v) is 8.71. The van der Waals surface area contributed by atoms with E-state index in [0.717, 1.165) is 0 Å². The molecule has 0 saturated heterocycles. The van der Waals surface area contributed by atoms with Crippen LogP contribution < -0.4 is 5.32 Å². The van der Waals surface area contributed by atoms with Gasteiger partial charge in [-0.2, -0.15) is 0 Å². The van der Waals surface area contributed by atoms with E-state index in [0.29, 0.717) is 5.06 Å². The first-order valence-corrected chi connectivity index (χ1v) is 9.93. The zero-order valence-electron chi connectivity index (χ0n) is 17.4. The summed E-state index contributed by atoms with van der Waals surface area (Å²) in [6.45, 7) is 4.89. The van der Waals surface area contributed by atoms with Gasteiger partial charge in [0.1, 0.15) is 11.1 Å². The van der Waals surface area contributed by atoms with Crippen molar-refractivity contribution in [3.05, 3.63) is 35.4 Å². The van der Waals surface area contributed by atoms with Crippen molar-refractivity contribution in [1.82, 2.24) is 10.4 Å². The molecule has 0 unspecified atom stereocenters. The monoisotopic (exact) mass is 438 g/mol. The number of hydrogen-bond acceptors (Lipinski definition) is 6. The minimum atomic E-state index is -2.56. The third kappa shape index (κ3) is 4.67. The second-order valence-electron chi connectivity index (χ2n) is 8.71. The Balaban J connectivity index is 1.81. The predicted molar refractivity (Wildman–Crippen MR) is 103 cm³/mol. The summed E-state index contributed by atoms with van der Waals surface area (Å²) in [6.07, 6.45) is -3.89. The van der Waals surface area contributed by atoms with Crippen molar-refractivity contribution in [1.29, 1.82) is 0 Å². The molecular formula is C21H24F2N2O6. The first-order chi connectivity index (χ1) is 14.4. The number of nitrogens with one attached hydrogen (secondary N) is 1. The molecule has 168 valence electrons. The molecule has 31 heavy (non-hydrogen) atoms. The van der Waals surface area contributed by atoms with Crippen molar-refractivity contribution in [2.24, 2.45) is 5.92 Å². The van der Waals surface area contributed by atoms with Crippen molar-refractivity contribution in [3.8, 4) is 0 Å². The van der Waals surface area contributed by atoms with Crippen LogP contribution >= 0.6 is 0 Å². The number of rotatable bonds is 4. The van der Waals surface area contributed by atoms with Gasteiger partial charge in [0.15, 0.2) is 0 Å². The summed E-state index contributed by atoms with van der Waals surface area (Å²) in [5, 5.41) is 2.78. The van der Waals surface area contributed by atoms with E-state index in [1.54, 1.807) is 32.9 Å². The van der Waals surface area contributed by atoms with Crippen LogP contribution in [0, 0.1) is 5.92 Å². The molecule has 3 amide bonds. The van der Waals surface area contributed by atoms with E-state index >= 15 is 0 Å². The molecule has 0 spiro atoms. The van der Waals surface area contributed by atoms with Crippen LogP contribution in [0.5, 0.6) is 0 Å². The third-order valence-corrected chi connectivity index (χ3v) is 5.30. The summed E-state index contributed by atoms with van der Waals surface area (Å²) in [4.78, 5) is 55.6. The summed E-state index contributed by atoms with van der Waals surface area (Å²) < 4.78 is 31.4. The molecule has 1 aromatic rings. The molecule has 1 aliphatic heterocycles. The lowest BCUT2D eigenvalue weighted by atomic mass is 9.76. The maximum absolute atomic E-state index is 13.1. The average molecular weight is 438 g/mol. The third-order valence-electron chi connectivity index (χ3n) is 5.30. The number of imide groups is 1. The van der Waals surface area contributed by atoms with Crippen LogP contribution in [-0.4, -0.2) is 46.5 Å². The molecule has 1 aliphatic carbocycles. The molecule has 0 bridgehead atoms. The van der Waals surface area contributed by atoms with Gasteiger partial charge in [-0.15, -0.1) is 0 Å². The molecule has 1 N–H and O–H groups in total. The van der Waals surface area contributed by atoms with Crippen LogP contribution in [0.15, 0.2) is 24.3 Å². The maximum atomic E-state index is 13.1. The first-order valence-electron chi connectivity index (χ1n) is 9.93. The number of carbonyl (C=O) groups excluding carboxylic acids is 4. The predicted octanol–water partition coefficient (Wildman–Crippen LogP) is 3.46. The fourth-order valence-corrected chi connectivity index (χ4v) is 3.68. The molecule has 0 radical (unpaired) electrons. The Morgan fingerprint density at radius 3 is 2.06 bits per heavy atom. The summed E-state index contributed by atoms with van der Waals surface area (Å²) in [7, 11) is 0. The summed E-state index contributed by atoms with van der Waals surface area (Å²) in [5.41, 5.74) is -2.41. The standard InChI is InChI=1S/C21H24F2N2O6/c1-20(2,3)30-19(29)24-21(10-8-12(9-11-21)15(22)23)18(28)31-25-16(26)13-6-4-5-7-14(13)17(25)27/h4-7,12,15H,8-11H2,1-3H3,(H,24,29). The lowest BCUT2D eigenvalue weighted by Crippen LogP contribution is -2.59.